The van der Waals surface area contributed by atoms with E-state index in [0.717, 1.165) is 96.3 Å². The lowest BCUT2D eigenvalue weighted by Crippen LogP contribution is -2.37. The maximum atomic E-state index is 12.7. The molecule has 0 radical (unpaired) electrons. The predicted octanol–water partition coefficient (Wildman–Crippen LogP) is 13.5. The average molecular weight is 868 g/mol. The monoisotopic (exact) mass is 868 g/mol. The lowest BCUT2D eigenvalue weighted by molar-refractivity contribution is -0.870. The molecule has 0 aliphatic carbocycles. The Morgan fingerprint density at radius 2 is 0.902 bits per heavy atom. The number of likely N-dealkylation sites (N-methyl/N-ethyl adjacent to an activating group) is 1. The maximum Gasteiger partial charge on any atom is 0.306 e. The van der Waals surface area contributed by atoms with Crippen molar-refractivity contribution in [2.45, 2.75) is 148 Å². The molecular weight excluding hydrogens is 782 g/mol. The SMILES string of the molecule is CC/C=C\C/C=C\C/C=C\C/C=C\C/C=C\CCCCCCCCCC(=O)OC(COCC/C=C\C/C=C\C/C=C\C/C=C\C/C=C\CC)COP(=O)([O-])OCC[N+](C)(C)C. The Balaban J connectivity index is 4.34. The smallest absolute Gasteiger partial charge is 0.306 e. The second-order valence-corrected chi connectivity index (χ2v) is 17.4. The molecule has 9 heteroatoms. The van der Waals surface area contributed by atoms with Crippen molar-refractivity contribution < 1.29 is 37.3 Å². The van der Waals surface area contributed by atoms with Crippen molar-refractivity contribution in [3.63, 3.8) is 0 Å². The minimum absolute atomic E-state index is 0.00276. The summed E-state index contributed by atoms with van der Waals surface area (Å²) in [4.78, 5) is 25.1. The highest BCUT2D eigenvalue weighted by Gasteiger charge is 2.20. The van der Waals surface area contributed by atoms with Crippen molar-refractivity contribution in [1.82, 2.24) is 0 Å². The van der Waals surface area contributed by atoms with Crippen molar-refractivity contribution in [3.8, 4) is 0 Å². The van der Waals surface area contributed by atoms with Crippen LogP contribution in [-0.4, -0.2) is 70.7 Å². The van der Waals surface area contributed by atoms with Crippen molar-refractivity contribution in [2.75, 3.05) is 54.1 Å². The molecule has 0 aliphatic rings. The minimum atomic E-state index is -4.56. The fourth-order valence-corrected chi connectivity index (χ4v) is 6.25. The minimum Gasteiger partial charge on any atom is -0.756 e. The van der Waals surface area contributed by atoms with Crippen LogP contribution < -0.4 is 4.89 Å². The number of nitrogens with zero attached hydrogens (tertiary/aromatic N) is 1. The first-order valence-electron chi connectivity index (χ1n) is 23.3. The highest BCUT2D eigenvalue weighted by molar-refractivity contribution is 7.45. The molecule has 0 saturated heterocycles. The summed E-state index contributed by atoms with van der Waals surface area (Å²) < 4.78 is 34.5. The number of phosphoric acid groups is 1. The third-order valence-electron chi connectivity index (χ3n) is 9.03. The highest BCUT2D eigenvalue weighted by atomic mass is 31.2. The van der Waals surface area contributed by atoms with Crippen molar-refractivity contribution in [2.24, 2.45) is 0 Å². The number of ether oxygens (including phenoxy) is 2. The second-order valence-electron chi connectivity index (χ2n) is 16.0. The Hall–Kier alpha value is -3.10. The molecule has 0 aromatic rings. The van der Waals surface area contributed by atoms with Crippen LogP contribution in [0.2, 0.25) is 0 Å². The summed E-state index contributed by atoms with van der Waals surface area (Å²) in [6.07, 6.45) is 62.4. The van der Waals surface area contributed by atoms with Gasteiger partial charge in [-0.05, 0) is 89.9 Å². The zero-order valence-corrected chi connectivity index (χ0v) is 39.9. The van der Waals surface area contributed by atoms with Crippen molar-refractivity contribution in [3.05, 3.63) is 122 Å². The van der Waals surface area contributed by atoms with Gasteiger partial charge < -0.3 is 27.9 Å². The number of hydrogen-bond donors (Lipinski definition) is 0. The molecule has 0 saturated carbocycles. The van der Waals surface area contributed by atoms with Crippen LogP contribution in [0.1, 0.15) is 142 Å². The lowest BCUT2D eigenvalue weighted by atomic mass is 10.1. The molecule has 0 fully saturated rings. The molecule has 61 heavy (non-hydrogen) atoms. The normalized spacial score (nSPS) is 14.8. The maximum absolute atomic E-state index is 12.7. The first-order chi connectivity index (χ1) is 29.6. The number of phosphoric ester groups is 1. The van der Waals surface area contributed by atoms with Crippen LogP contribution in [0.5, 0.6) is 0 Å². The zero-order valence-electron chi connectivity index (χ0n) is 39.1. The Kier molecular flexibility index (Phi) is 41.3. The van der Waals surface area contributed by atoms with Crippen LogP contribution in [-0.2, 0) is 27.9 Å². The molecule has 346 valence electrons. The van der Waals surface area contributed by atoms with E-state index in [1.807, 2.05) is 21.1 Å². The van der Waals surface area contributed by atoms with Gasteiger partial charge >= 0.3 is 5.97 Å². The topological polar surface area (TPSA) is 94.1 Å². The van der Waals surface area contributed by atoms with E-state index in [-0.39, 0.29) is 32.2 Å². The third-order valence-corrected chi connectivity index (χ3v) is 9.99. The average Bonchev–Trinajstić information content (AvgIpc) is 3.22. The molecule has 0 rings (SSSR count). The van der Waals surface area contributed by atoms with E-state index >= 15 is 0 Å². The predicted molar refractivity (Wildman–Crippen MR) is 258 cm³/mol. The number of allylic oxidation sites excluding steroid dienone is 19. The largest absolute Gasteiger partial charge is 0.756 e. The molecule has 8 nitrogen and oxygen atoms in total. The van der Waals surface area contributed by atoms with Gasteiger partial charge in [0, 0.05) is 6.42 Å². The number of rotatable bonds is 41. The van der Waals surface area contributed by atoms with E-state index in [1.165, 1.54) is 19.3 Å². The summed E-state index contributed by atoms with van der Waals surface area (Å²) >= 11 is 0. The van der Waals surface area contributed by atoms with Crippen molar-refractivity contribution >= 4 is 13.8 Å². The van der Waals surface area contributed by atoms with Crippen LogP contribution in [0.15, 0.2) is 122 Å². The first kappa shape index (κ1) is 57.9. The van der Waals surface area contributed by atoms with Crippen LogP contribution in [0.25, 0.3) is 0 Å². The van der Waals surface area contributed by atoms with Crippen LogP contribution in [0, 0.1) is 0 Å². The summed E-state index contributed by atoms with van der Waals surface area (Å²) in [6, 6.07) is 0. The van der Waals surface area contributed by atoms with Crippen LogP contribution in [0.3, 0.4) is 0 Å². The van der Waals surface area contributed by atoms with E-state index in [4.69, 9.17) is 18.5 Å². The van der Waals surface area contributed by atoms with Gasteiger partial charge in [-0.3, -0.25) is 9.36 Å². The zero-order chi connectivity index (χ0) is 44.8. The molecule has 0 spiro atoms. The van der Waals surface area contributed by atoms with E-state index in [2.05, 4.69) is 135 Å². The molecule has 0 amide bonds. The van der Waals surface area contributed by atoms with Gasteiger partial charge in [-0.2, -0.15) is 0 Å². The summed E-state index contributed by atoms with van der Waals surface area (Å²) in [5.74, 6) is -0.376. The Labute approximate surface area is 373 Å². The molecule has 2 atom stereocenters. The number of hydrogen-bond acceptors (Lipinski definition) is 7. The molecule has 0 aliphatic heterocycles. The molecule has 0 N–H and O–H groups in total. The van der Waals surface area contributed by atoms with Gasteiger partial charge in [0.1, 0.15) is 19.3 Å². The molecule has 0 aromatic heterocycles. The quantitative estimate of drug-likeness (QED) is 0.0199. The highest BCUT2D eigenvalue weighted by Crippen LogP contribution is 2.38. The van der Waals surface area contributed by atoms with E-state index < -0.39 is 13.9 Å². The Morgan fingerprint density at radius 3 is 1.34 bits per heavy atom. The molecule has 2 unspecified atom stereocenters. The third kappa shape index (κ3) is 47.8. The Morgan fingerprint density at radius 1 is 0.508 bits per heavy atom. The fraction of sp³-hybridized carbons (Fsp3) is 0.596. The van der Waals surface area contributed by atoms with E-state index in [9.17, 15) is 14.3 Å². The van der Waals surface area contributed by atoms with E-state index in [0.29, 0.717) is 24.1 Å². The summed E-state index contributed by atoms with van der Waals surface area (Å²) in [7, 11) is 1.28. The van der Waals surface area contributed by atoms with Crippen molar-refractivity contribution in [1.29, 1.82) is 0 Å². The van der Waals surface area contributed by atoms with Gasteiger partial charge in [0.25, 0.3) is 7.82 Å². The van der Waals surface area contributed by atoms with Crippen LogP contribution >= 0.6 is 7.82 Å². The lowest BCUT2D eigenvalue weighted by Gasteiger charge is -2.28. The number of carbonyl (C=O) groups is 1. The Bertz CT molecular complexity index is 1380. The van der Waals surface area contributed by atoms with Gasteiger partial charge in [-0.1, -0.05) is 167 Å². The molecule has 0 bridgehead atoms. The summed E-state index contributed by atoms with van der Waals surface area (Å²) in [6.45, 7) is 4.90. The van der Waals surface area contributed by atoms with Crippen LogP contribution in [0.4, 0.5) is 0 Å². The van der Waals surface area contributed by atoms with E-state index in [1.54, 1.807) is 0 Å². The second kappa shape index (κ2) is 43.5. The van der Waals surface area contributed by atoms with Gasteiger partial charge in [0.05, 0.1) is 41.0 Å². The number of quaternary nitrogens is 1. The van der Waals surface area contributed by atoms with Gasteiger partial charge in [-0.25, -0.2) is 0 Å². The summed E-state index contributed by atoms with van der Waals surface area (Å²) in [5.41, 5.74) is 0. The van der Waals surface area contributed by atoms with Gasteiger partial charge in [0.2, 0.25) is 0 Å². The number of esters is 1. The molecule has 0 aromatic carbocycles. The fourth-order valence-electron chi connectivity index (χ4n) is 5.52. The molecule has 0 heterocycles. The number of unbranched alkanes of at least 4 members (excludes halogenated alkanes) is 7. The van der Waals surface area contributed by atoms with Gasteiger partial charge in [-0.15, -0.1) is 0 Å². The standard InChI is InChI=1S/C52H86NO7P/c1-6-8-10-12-14-16-18-20-22-24-25-26-27-28-29-30-31-33-35-37-39-41-43-45-52(54)60-51(50-59-61(55,56)58-48-46-53(3,4)5)49-57-47-44-42-40-38-36-34-32-23-21-19-17-15-13-11-9-7-2/h8-11,14-17,20-23,25-26,28-29,34,36,40,42,51H,6-7,12-13,18-19,24,27,30-33,35,37-39,41,43-50H2,1-5H3/b10-8-,11-9-,16-14-,17-15-,22-20-,23-21-,26-25-,29-28-,36-34-,42-40-. The molecular formula is C52H86NO7P. The number of carbonyl (C=O) groups excluding carboxylic acids is 1. The van der Waals surface area contributed by atoms with Gasteiger partial charge in [0.15, 0.2) is 0 Å². The first-order valence-corrected chi connectivity index (χ1v) is 24.7. The summed E-state index contributed by atoms with van der Waals surface area (Å²) in [5, 5.41) is 0.